The molecule has 1 saturated carbocycles. The fourth-order valence-corrected chi connectivity index (χ4v) is 3.60. The highest BCUT2D eigenvalue weighted by atomic mass is 16.5. The number of hydrogen-bond donors (Lipinski definition) is 0. The molecule has 1 aromatic rings. The number of unbranched alkanes of at least 4 members (excludes halogenated alkanes) is 2. The first-order valence-electron chi connectivity index (χ1n) is 10.4. The van der Waals surface area contributed by atoms with Gasteiger partial charge in [0.1, 0.15) is 12.3 Å². The number of hydrogen-bond acceptors (Lipinski definition) is 4. The van der Waals surface area contributed by atoms with E-state index in [0.717, 1.165) is 57.3 Å². The number of carbonyl (C=O) groups excluding carboxylic acids is 2. The van der Waals surface area contributed by atoms with Gasteiger partial charge in [-0.1, -0.05) is 19.8 Å². The fraction of sp³-hybridized carbons (Fsp3) is 0.714. The highest BCUT2D eigenvalue weighted by Crippen LogP contribution is 2.28. The van der Waals surface area contributed by atoms with Gasteiger partial charge in [0.15, 0.2) is 0 Å². The van der Waals surface area contributed by atoms with Crippen molar-refractivity contribution in [2.45, 2.75) is 77.0 Å². The minimum absolute atomic E-state index is 0.0161. The quantitative estimate of drug-likeness (QED) is 0.556. The summed E-state index contributed by atoms with van der Waals surface area (Å²) < 4.78 is 11.2. The normalized spacial score (nSPS) is 19.2. The number of ether oxygens (including phenoxy) is 1. The Kier molecular flexibility index (Phi) is 7.33. The van der Waals surface area contributed by atoms with Crippen LogP contribution in [0.25, 0.3) is 0 Å². The Bertz CT molecular complexity index is 591. The number of furan rings is 1. The van der Waals surface area contributed by atoms with Gasteiger partial charge < -0.3 is 19.0 Å². The molecule has 27 heavy (non-hydrogen) atoms. The largest absolute Gasteiger partial charge is 0.467 e. The molecular formula is C21H32N2O4. The molecule has 1 saturated heterocycles. The molecule has 0 aromatic carbocycles. The Balaban J connectivity index is 1.61. The molecule has 1 aliphatic heterocycles. The zero-order valence-corrected chi connectivity index (χ0v) is 16.4. The molecule has 1 atom stereocenters. The average Bonchev–Trinajstić information content (AvgIpc) is 3.13. The van der Waals surface area contributed by atoms with Gasteiger partial charge in [-0.15, -0.1) is 0 Å². The second-order valence-corrected chi connectivity index (χ2v) is 7.70. The van der Waals surface area contributed by atoms with Gasteiger partial charge in [0.2, 0.25) is 11.8 Å². The van der Waals surface area contributed by atoms with Crippen molar-refractivity contribution in [1.29, 1.82) is 0 Å². The standard InChI is InChI=1S/C21H32N2O4/c1-2-3-4-9-20(24)23(17-10-11-17)16-21(25)22(14-18-7-5-12-26-18)15-19-8-6-13-27-19/h5,7,12,17,19H,2-4,6,8-11,13-16H2,1H3. The van der Waals surface area contributed by atoms with E-state index in [1.165, 1.54) is 0 Å². The number of amides is 2. The van der Waals surface area contributed by atoms with Gasteiger partial charge in [0.05, 0.1) is 18.9 Å². The van der Waals surface area contributed by atoms with Crippen LogP contribution in [0.3, 0.4) is 0 Å². The lowest BCUT2D eigenvalue weighted by Gasteiger charge is -2.29. The summed E-state index contributed by atoms with van der Waals surface area (Å²) in [6, 6.07) is 3.96. The maximum absolute atomic E-state index is 13.1. The van der Waals surface area contributed by atoms with Gasteiger partial charge in [-0.25, -0.2) is 0 Å². The lowest BCUT2D eigenvalue weighted by molar-refractivity contribution is -0.142. The smallest absolute Gasteiger partial charge is 0.242 e. The lowest BCUT2D eigenvalue weighted by atomic mass is 10.2. The van der Waals surface area contributed by atoms with Crippen molar-refractivity contribution in [1.82, 2.24) is 9.80 Å². The van der Waals surface area contributed by atoms with Gasteiger partial charge in [0, 0.05) is 25.6 Å². The summed E-state index contributed by atoms with van der Waals surface area (Å²) >= 11 is 0. The molecular weight excluding hydrogens is 344 g/mol. The third-order valence-electron chi connectivity index (χ3n) is 5.34. The number of nitrogens with zero attached hydrogens (tertiary/aromatic N) is 2. The monoisotopic (exact) mass is 376 g/mol. The summed E-state index contributed by atoms with van der Waals surface area (Å²) in [6.07, 6.45) is 9.34. The first-order chi connectivity index (χ1) is 13.2. The van der Waals surface area contributed by atoms with E-state index in [9.17, 15) is 9.59 Å². The topological polar surface area (TPSA) is 63.0 Å². The zero-order chi connectivity index (χ0) is 19.1. The average molecular weight is 376 g/mol. The predicted molar refractivity (Wildman–Crippen MR) is 102 cm³/mol. The lowest BCUT2D eigenvalue weighted by Crippen LogP contribution is -2.45. The highest BCUT2D eigenvalue weighted by molar-refractivity contribution is 5.85. The molecule has 3 rings (SSSR count). The summed E-state index contributed by atoms with van der Waals surface area (Å²) in [7, 11) is 0. The summed E-state index contributed by atoms with van der Waals surface area (Å²) in [6.45, 7) is 4.04. The molecule has 6 nitrogen and oxygen atoms in total. The van der Waals surface area contributed by atoms with Gasteiger partial charge in [-0.05, 0) is 44.2 Å². The van der Waals surface area contributed by atoms with Crippen molar-refractivity contribution >= 4 is 11.8 Å². The molecule has 6 heteroatoms. The highest BCUT2D eigenvalue weighted by Gasteiger charge is 2.35. The van der Waals surface area contributed by atoms with Crippen molar-refractivity contribution < 1.29 is 18.7 Å². The first kappa shape index (κ1) is 19.9. The van der Waals surface area contributed by atoms with Crippen molar-refractivity contribution in [3.63, 3.8) is 0 Å². The van der Waals surface area contributed by atoms with E-state index >= 15 is 0 Å². The van der Waals surface area contributed by atoms with Crippen LogP contribution in [0.1, 0.15) is 64.1 Å². The van der Waals surface area contributed by atoms with Crippen molar-refractivity contribution in [3.05, 3.63) is 24.2 Å². The van der Waals surface area contributed by atoms with Crippen LogP contribution < -0.4 is 0 Å². The Labute approximate surface area is 161 Å². The van der Waals surface area contributed by atoms with Crippen LogP contribution in [-0.2, 0) is 20.9 Å². The van der Waals surface area contributed by atoms with Crippen molar-refractivity contribution in [3.8, 4) is 0 Å². The van der Waals surface area contributed by atoms with Crippen molar-refractivity contribution in [2.24, 2.45) is 0 Å². The first-order valence-corrected chi connectivity index (χ1v) is 10.4. The summed E-state index contributed by atoms with van der Waals surface area (Å²) in [5.41, 5.74) is 0. The van der Waals surface area contributed by atoms with E-state index in [4.69, 9.17) is 9.15 Å². The minimum atomic E-state index is -0.0161. The SMILES string of the molecule is CCCCCC(=O)N(CC(=O)N(Cc1ccco1)CC1CCCO1)C1CC1. The van der Waals surface area contributed by atoms with E-state index in [2.05, 4.69) is 6.92 Å². The molecule has 2 fully saturated rings. The van der Waals surface area contributed by atoms with E-state index in [0.29, 0.717) is 19.5 Å². The summed E-state index contributed by atoms with van der Waals surface area (Å²) in [5.74, 6) is 0.862. The molecule has 2 amide bonds. The Morgan fingerprint density at radius 3 is 2.67 bits per heavy atom. The third-order valence-corrected chi connectivity index (χ3v) is 5.34. The van der Waals surface area contributed by atoms with Crippen LogP contribution in [-0.4, -0.2) is 53.5 Å². The molecule has 0 bridgehead atoms. The molecule has 1 aliphatic carbocycles. The van der Waals surface area contributed by atoms with Crippen molar-refractivity contribution in [2.75, 3.05) is 19.7 Å². The van der Waals surface area contributed by atoms with E-state index in [1.807, 2.05) is 17.0 Å². The molecule has 1 aromatic heterocycles. The molecule has 2 heterocycles. The van der Waals surface area contributed by atoms with E-state index in [-0.39, 0.29) is 30.5 Å². The second-order valence-electron chi connectivity index (χ2n) is 7.70. The molecule has 2 aliphatic rings. The number of carbonyl (C=O) groups is 2. The Hall–Kier alpha value is -1.82. The molecule has 150 valence electrons. The predicted octanol–water partition coefficient (Wildman–Crippen LogP) is 3.36. The fourth-order valence-electron chi connectivity index (χ4n) is 3.60. The molecule has 0 radical (unpaired) electrons. The Morgan fingerprint density at radius 2 is 2.04 bits per heavy atom. The Morgan fingerprint density at radius 1 is 1.19 bits per heavy atom. The number of rotatable bonds is 11. The van der Waals surface area contributed by atoms with E-state index in [1.54, 1.807) is 11.2 Å². The molecule has 1 unspecified atom stereocenters. The van der Waals surface area contributed by atoms with Crippen LogP contribution in [0.15, 0.2) is 22.8 Å². The minimum Gasteiger partial charge on any atom is -0.467 e. The van der Waals surface area contributed by atoms with Gasteiger partial charge in [0.25, 0.3) is 0 Å². The van der Waals surface area contributed by atoms with Gasteiger partial charge in [-0.3, -0.25) is 9.59 Å². The molecule has 0 N–H and O–H groups in total. The summed E-state index contributed by atoms with van der Waals surface area (Å²) in [4.78, 5) is 29.3. The van der Waals surface area contributed by atoms with Crippen LogP contribution >= 0.6 is 0 Å². The zero-order valence-electron chi connectivity index (χ0n) is 16.4. The van der Waals surface area contributed by atoms with Crippen LogP contribution in [0.5, 0.6) is 0 Å². The van der Waals surface area contributed by atoms with Crippen LogP contribution in [0, 0.1) is 0 Å². The second kappa shape index (κ2) is 9.93. The van der Waals surface area contributed by atoms with Crippen LogP contribution in [0.4, 0.5) is 0 Å². The summed E-state index contributed by atoms with van der Waals surface area (Å²) in [5, 5.41) is 0. The maximum Gasteiger partial charge on any atom is 0.242 e. The van der Waals surface area contributed by atoms with E-state index < -0.39 is 0 Å². The van der Waals surface area contributed by atoms with Gasteiger partial charge in [-0.2, -0.15) is 0 Å². The van der Waals surface area contributed by atoms with Gasteiger partial charge >= 0.3 is 0 Å². The maximum atomic E-state index is 13.1. The van der Waals surface area contributed by atoms with Crippen LogP contribution in [0.2, 0.25) is 0 Å². The molecule has 0 spiro atoms. The third kappa shape index (κ3) is 6.09.